The van der Waals surface area contributed by atoms with Crippen LogP contribution in [0.3, 0.4) is 0 Å². The Morgan fingerprint density at radius 1 is 0.824 bits per heavy atom. The number of fused-ring (bicyclic) bond motifs is 1. The number of rotatable bonds is 9. The number of carbonyl (C=O) groups is 1. The summed E-state index contributed by atoms with van der Waals surface area (Å²) in [6, 6.07) is 20.4. The lowest BCUT2D eigenvalue weighted by Crippen LogP contribution is -2.37. The molecule has 0 N–H and O–H groups in total. The van der Waals surface area contributed by atoms with Crippen LogP contribution in [0, 0.1) is 0 Å². The van der Waals surface area contributed by atoms with Crippen molar-refractivity contribution in [1.29, 1.82) is 0 Å². The van der Waals surface area contributed by atoms with E-state index in [1.54, 1.807) is 28.4 Å². The standard InChI is InChI=1S/C28H31NO5/c1-31-24-11-10-20(14-25(24)32-2)28-22(12-13-30)23-16-27(34-4)26(33-3)15-21(23)18-29(28)17-19-8-6-5-7-9-19/h5-11,13-16,22,28H,12,17-18H2,1-4H3/t22-,28+/m1/s1. The summed E-state index contributed by atoms with van der Waals surface area (Å²) < 4.78 is 22.2. The lowest BCUT2D eigenvalue weighted by molar-refractivity contribution is -0.108. The van der Waals surface area contributed by atoms with Gasteiger partial charge in [-0.25, -0.2) is 0 Å². The lowest BCUT2D eigenvalue weighted by Gasteiger charge is -2.43. The van der Waals surface area contributed by atoms with E-state index in [0.29, 0.717) is 36.0 Å². The maximum atomic E-state index is 11.9. The van der Waals surface area contributed by atoms with Crippen LogP contribution in [0.4, 0.5) is 0 Å². The van der Waals surface area contributed by atoms with Gasteiger partial charge in [0.05, 0.1) is 28.4 Å². The van der Waals surface area contributed by atoms with E-state index in [0.717, 1.165) is 29.5 Å². The van der Waals surface area contributed by atoms with Gasteiger partial charge in [0.15, 0.2) is 23.0 Å². The molecule has 178 valence electrons. The van der Waals surface area contributed by atoms with Gasteiger partial charge < -0.3 is 23.7 Å². The van der Waals surface area contributed by atoms with Gasteiger partial charge in [-0.05, 0) is 46.5 Å². The second-order valence-electron chi connectivity index (χ2n) is 8.36. The van der Waals surface area contributed by atoms with E-state index in [1.807, 2.05) is 30.3 Å². The summed E-state index contributed by atoms with van der Waals surface area (Å²) in [5, 5.41) is 0. The SMILES string of the molecule is COc1ccc([C@H]2[C@H](CC=O)c3cc(OC)c(OC)cc3CN2Cc2ccccc2)cc1OC. The number of methoxy groups -OCH3 is 4. The number of ether oxygens (including phenoxy) is 4. The molecule has 0 amide bonds. The van der Waals surface area contributed by atoms with Crippen LogP contribution in [-0.2, 0) is 17.9 Å². The Kier molecular flexibility index (Phi) is 7.38. The fourth-order valence-corrected chi connectivity index (χ4v) is 4.97. The molecule has 0 fully saturated rings. The molecule has 3 aromatic rings. The molecule has 6 nitrogen and oxygen atoms in total. The second kappa shape index (κ2) is 10.6. The Hall–Kier alpha value is -3.51. The first kappa shape index (κ1) is 23.6. The molecular weight excluding hydrogens is 430 g/mol. The molecule has 3 aromatic carbocycles. The van der Waals surface area contributed by atoms with Gasteiger partial charge in [0.25, 0.3) is 0 Å². The van der Waals surface area contributed by atoms with Gasteiger partial charge in [-0.3, -0.25) is 4.90 Å². The third kappa shape index (κ3) is 4.59. The van der Waals surface area contributed by atoms with Crippen LogP contribution in [0.5, 0.6) is 23.0 Å². The summed E-state index contributed by atoms with van der Waals surface area (Å²) in [7, 11) is 6.55. The zero-order valence-electron chi connectivity index (χ0n) is 20.1. The highest BCUT2D eigenvalue weighted by molar-refractivity contribution is 5.57. The molecule has 1 aliphatic rings. The van der Waals surface area contributed by atoms with E-state index in [9.17, 15) is 4.79 Å². The van der Waals surface area contributed by atoms with E-state index in [2.05, 4.69) is 35.2 Å². The maximum absolute atomic E-state index is 11.9. The minimum absolute atomic E-state index is 0.0455. The van der Waals surface area contributed by atoms with Gasteiger partial charge in [-0.15, -0.1) is 0 Å². The topological polar surface area (TPSA) is 57.2 Å². The third-order valence-corrected chi connectivity index (χ3v) is 6.52. The molecule has 4 rings (SSSR count). The predicted octanol–water partition coefficient (Wildman–Crippen LogP) is 5.15. The smallest absolute Gasteiger partial charge is 0.161 e. The first-order valence-corrected chi connectivity index (χ1v) is 11.3. The summed E-state index contributed by atoms with van der Waals surface area (Å²) in [5.74, 6) is 2.64. The molecule has 34 heavy (non-hydrogen) atoms. The van der Waals surface area contributed by atoms with Crippen LogP contribution in [0.25, 0.3) is 0 Å². The van der Waals surface area contributed by atoms with Crippen molar-refractivity contribution >= 4 is 6.29 Å². The first-order valence-electron chi connectivity index (χ1n) is 11.3. The van der Waals surface area contributed by atoms with E-state index < -0.39 is 0 Å². The van der Waals surface area contributed by atoms with Crippen LogP contribution in [-0.4, -0.2) is 39.6 Å². The predicted molar refractivity (Wildman–Crippen MR) is 131 cm³/mol. The molecule has 0 aliphatic carbocycles. The normalized spacial score (nSPS) is 17.5. The third-order valence-electron chi connectivity index (χ3n) is 6.52. The maximum Gasteiger partial charge on any atom is 0.161 e. The molecule has 0 aromatic heterocycles. The molecule has 1 heterocycles. The monoisotopic (exact) mass is 461 g/mol. The highest BCUT2D eigenvalue weighted by Gasteiger charge is 2.37. The van der Waals surface area contributed by atoms with Crippen molar-refractivity contribution in [3.05, 3.63) is 82.9 Å². The molecule has 0 saturated heterocycles. The molecule has 2 atom stereocenters. The number of nitrogens with zero attached hydrogens (tertiary/aromatic N) is 1. The van der Waals surface area contributed by atoms with Crippen molar-refractivity contribution < 1.29 is 23.7 Å². The van der Waals surface area contributed by atoms with E-state index >= 15 is 0 Å². The summed E-state index contributed by atoms with van der Waals surface area (Å²) in [5.41, 5.74) is 4.52. The zero-order valence-corrected chi connectivity index (χ0v) is 20.1. The van der Waals surface area contributed by atoms with Crippen LogP contribution >= 0.6 is 0 Å². The molecule has 0 unspecified atom stereocenters. The fraction of sp³-hybridized carbons (Fsp3) is 0.321. The summed E-state index contributed by atoms with van der Waals surface area (Å²) in [4.78, 5) is 14.3. The average Bonchev–Trinajstić information content (AvgIpc) is 2.88. The van der Waals surface area contributed by atoms with Gasteiger partial charge >= 0.3 is 0 Å². The number of hydrogen-bond acceptors (Lipinski definition) is 6. The number of aldehydes is 1. The van der Waals surface area contributed by atoms with Gasteiger partial charge in [-0.1, -0.05) is 36.4 Å². The highest BCUT2D eigenvalue weighted by atomic mass is 16.5. The van der Waals surface area contributed by atoms with Crippen molar-refractivity contribution in [2.45, 2.75) is 31.5 Å². The number of hydrogen-bond donors (Lipinski definition) is 0. The van der Waals surface area contributed by atoms with Crippen molar-refractivity contribution in [3.8, 4) is 23.0 Å². The lowest BCUT2D eigenvalue weighted by atomic mass is 9.78. The Morgan fingerprint density at radius 3 is 2.12 bits per heavy atom. The molecular formula is C28H31NO5. The van der Waals surface area contributed by atoms with E-state index in [1.165, 1.54) is 5.56 Å². The van der Waals surface area contributed by atoms with Gasteiger partial charge in [0.1, 0.15) is 6.29 Å². The minimum Gasteiger partial charge on any atom is -0.493 e. The minimum atomic E-state index is -0.0668. The molecule has 1 aliphatic heterocycles. The average molecular weight is 462 g/mol. The molecule has 0 saturated carbocycles. The molecule has 0 spiro atoms. The van der Waals surface area contributed by atoms with Crippen LogP contribution < -0.4 is 18.9 Å². The van der Waals surface area contributed by atoms with Crippen molar-refractivity contribution in [3.63, 3.8) is 0 Å². The Balaban J connectivity index is 1.87. The highest BCUT2D eigenvalue weighted by Crippen LogP contribution is 2.48. The Bertz CT molecular complexity index is 1130. The largest absolute Gasteiger partial charge is 0.493 e. The number of carbonyl (C=O) groups excluding carboxylic acids is 1. The second-order valence-corrected chi connectivity index (χ2v) is 8.36. The van der Waals surface area contributed by atoms with Crippen molar-refractivity contribution in [2.24, 2.45) is 0 Å². The van der Waals surface area contributed by atoms with Crippen molar-refractivity contribution in [2.75, 3.05) is 28.4 Å². The Morgan fingerprint density at radius 2 is 1.47 bits per heavy atom. The summed E-state index contributed by atoms with van der Waals surface area (Å²) in [6.07, 6.45) is 1.39. The van der Waals surface area contributed by atoms with Crippen LogP contribution in [0.1, 0.15) is 40.6 Å². The van der Waals surface area contributed by atoms with Gasteiger partial charge in [0.2, 0.25) is 0 Å². The summed E-state index contributed by atoms with van der Waals surface area (Å²) >= 11 is 0. The summed E-state index contributed by atoms with van der Waals surface area (Å²) in [6.45, 7) is 1.45. The molecule has 0 bridgehead atoms. The van der Waals surface area contributed by atoms with Crippen LogP contribution in [0.15, 0.2) is 60.7 Å². The van der Waals surface area contributed by atoms with E-state index in [4.69, 9.17) is 18.9 Å². The molecule has 0 radical (unpaired) electrons. The fourth-order valence-electron chi connectivity index (χ4n) is 4.97. The van der Waals surface area contributed by atoms with Gasteiger partial charge in [-0.2, -0.15) is 0 Å². The zero-order chi connectivity index (χ0) is 24.1. The van der Waals surface area contributed by atoms with Crippen molar-refractivity contribution in [1.82, 2.24) is 4.90 Å². The van der Waals surface area contributed by atoms with Gasteiger partial charge in [0, 0.05) is 31.5 Å². The quantitative estimate of drug-likeness (QED) is 0.411. The first-order chi connectivity index (χ1) is 16.6. The number of benzene rings is 3. The molecule has 6 heteroatoms. The Labute approximate surface area is 201 Å². The van der Waals surface area contributed by atoms with E-state index in [-0.39, 0.29) is 12.0 Å². The van der Waals surface area contributed by atoms with Crippen LogP contribution in [0.2, 0.25) is 0 Å².